The van der Waals surface area contributed by atoms with E-state index in [2.05, 4.69) is 9.97 Å². The lowest BCUT2D eigenvalue weighted by molar-refractivity contribution is 0.420. The fraction of sp³-hybridized carbons (Fsp3) is 0.0588. The highest BCUT2D eigenvalue weighted by molar-refractivity contribution is 7.99. The lowest BCUT2D eigenvalue weighted by atomic mass is 10.2. The molecule has 0 aliphatic carbocycles. The van der Waals surface area contributed by atoms with E-state index in [1.165, 1.54) is 11.8 Å². The van der Waals surface area contributed by atoms with E-state index in [0.29, 0.717) is 11.6 Å². The maximum Gasteiger partial charge on any atom is 0.152 e. The van der Waals surface area contributed by atoms with Gasteiger partial charge in [-0.25, -0.2) is 4.98 Å². The molecule has 3 aromatic rings. The smallest absolute Gasteiger partial charge is 0.152 e. The van der Waals surface area contributed by atoms with Crippen molar-refractivity contribution in [3.05, 3.63) is 66.2 Å². The van der Waals surface area contributed by atoms with Crippen LogP contribution in [0.1, 0.15) is 5.82 Å². The van der Waals surface area contributed by atoms with Crippen molar-refractivity contribution in [2.75, 3.05) is 5.75 Å². The summed E-state index contributed by atoms with van der Waals surface area (Å²) in [5.41, 5.74) is 1.79. The molecule has 0 aliphatic heterocycles. The van der Waals surface area contributed by atoms with Crippen molar-refractivity contribution in [2.24, 2.45) is 0 Å². The van der Waals surface area contributed by atoms with Crippen LogP contribution in [0.5, 0.6) is 0 Å². The molecule has 0 atom stereocenters. The quantitative estimate of drug-likeness (QED) is 0.431. The van der Waals surface area contributed by atoms with E-state index in [0.717, 1.165) is 15.9 Å². The number of para-hydroxylation sites is 2. The SMILES string of the molecule is N#CC(=C(O)CSc1ccccc1)c1nc2ccccc2[nH]1. The molecule has 2 aromatic carbocycles. The van der Waals surface area contributed by atoms with Crippen LogP contribution < -0.4 is 0 Å². The minimum Gasteiger partial charge on any atom is -0.510 e. The van der Waals surface area contributed by atoms with Crippen LogP contribution in [0.15, 0.2) is 65.3 Å². The van der Waals surface area contributed by atoms with Crippen molar-refractivity contribution in [2.45, 2.75) is 4.90 Å². The Labute approximate surface area is 132 Å². The number of nitriles is 1. The van der Waals surface area contributed by atoms with Gasteiger partial charge in [0.25, 0.3) is 0 Å². The van der Waals surface area contributed by atoms with Crippen LogP contribution in [0.2, 0.25) is 0 Å². The van der Waals surface area contributed by atoms with E-state index in [1.807, 2.05) is 60.7 Å². The van der Waals surface area contributed by atoms with E-state index in [1.54, 1.807) is 0 Å². The molecular formula is C17H13N3OS. The second-order valence-corrected chi connectivity index (χ2v) is 5.69. The average molecular weight is 307 g/mol. The fourth-order valence-electron chi connectivity index (χ4n) is 2.07. The van der Waals surface area contributed by atoms with Crippen LogP contribution in [0.4, 0.5) is 0 Å². The third-order valence-corrected chi connectivity index (χ3v) is 4.17. The van der Waals surface area contributed by atoms with Gasteiger partial charge in [-0.1, -0.05) is 30.3 Å². The minimum absolute atomic E-state index is 0.0235. The first-order valence-electron chi connectivity index (χ1n) is 6.73. The maximum absolute atomic E-state index is 10.2. The molecule has 0 unspecified atom stereocenters. The van der Waals surface area contributed by atoms with Gasteiger partial charge in [-0.3, -0.25) is 0 Å². The molecule has 0 amide bonds. The molecule has 22 heavy (non-hydrogen) atoms. The van der Waals surface area contributed by atoms with Crippen LogP contribution in [-0.2, 0) is 0 Å². The number of hydrogen-bond donors (Lipinski definition) is 2. The highest BCUT2D eigenvalue weighted by Crippen LogP contribution is 2.24. The Hall–Kier alpha value is -2.71. The molecule has 0 saturated carbocycles. The third-order valence-electron chi connectivity index (χ3n) is 3.15. The van der Waals surface area contributed by atoms with Gasteiger partial charge in [0.1, 0.15) is 17.4 Å². The second kappa shape index (κ2) is 6.37. The molecule has 4 nitrogen and oxygen atoms in total. The van der Waals surface area contributed by atoms with Gasteiger partial charge in [0.15, 0.2) is 5.82 Å². The van der Waals surface area contributed by atoms with E-state index in [-0.39, 0.29) is 11.3 Å². The Morgan fingerprint density at radius 2 is 1.86 bits per heavy atom. The van der Waals surface area contributed by atoms with E-state index >= 15 is 0 Å². The van der Waals surface area contributed by atoms with Crippen LogP contribution in [0.25, 0.3) is 16.6 Å². The van der Waals surface area contributed by atoms with Gasteiger partial charge in [0.05, 0.1) is 16.8 Å². The molecule has 0 radical (unpaired) electrons. The number of nitrogens with one attached hydrogen (secondary N) is 1. The molecule has 3 rings (SSSR count). The van der Waals surface area contributed by atoms with Gasteiger partial charge in [-0.05, 0) is 24.3 Å². The van der Waals surface area contributed by atoms with Crippen molar-refractivity contribution >= 4 is 28.4 Å². The number of H-pyrrole nitrogens is 1. The Morgan fingerprint density at radius 3 is 2.59 bits per heavy atom. The molecule has 0 spiro atoms. The molecule has 1 heterocycles. The Morgan fingerprint density at radius 1 is 1.14 bits per heavy atom. The largest absolute Gasteiger partial charge is 0.510 e. The van der Waals surface area contributed by atoms with Gasteiger partial charge in [0.2, 0.25) is 0 Å². The first-order valence-corrected chi connectivity index (χ1v) is 7.71. The monoisotopic (exact) mass is 307 g/mol. The summed E-state index contributed by atoms with van der Waals surface area (Å²) in [6.45, 7) is 0. The van der Waals surface area contributed by atoms with Gasteiger partial charge in [-0.15, -0.1) is 11.8 Å². The predicted molar refractivity (Wildman–Crippen MR) is 88.4 cm³/mol. The van der Waals surface area contributed by atoms with Crippen molar-refractivity contribution in [3.63, 3.8) is 0 Å². The van der Waals surface area contributed by atoms with E-state index < -0.39 is 0 Å². The highest BCUT2D eigenvalue weighted by atomic mass is 32.2. The molecule has 1 aromatic heterocycles. The number of rotatable bonds is 4. The first-order chi connectivity index (χ1) is 10.8. The number of aromatic amines is 1. The Balaban J connectivity index is 1.86. The zero-order valence-corrected chi connectivity index (χ0v) is 12.5. The fourth-order valence-corrected chi connectivity index (χ4v) is 2.86. The summed E-state index contributed by atoms with van der Waals surface area (Å²) in [6, 6.07) is 19.3. The number of fused-ring (bicyclic) bond motifs is 1. The van der Waals surface area contributed by atoms with Gasteiger partial charge in [0, 0.05) is 4.90 Å². The zero-order valence-electron chi connectivity index (χ0n) is 11.7. The third kappa shape index (κ3) is 2.97. The van der Waals surface area contributed by atoms with Gasteiger partial charge in [-0.2, -0.15) is 5.26 Å². The zero-order chi connectivity index (χ0) is 15.4. The van der Waals surface area contributed by atoms with E-state index in [9.17, 15) is 10.4 Å². The normalized spacial score (nSPS) is 12.0. The minimum atomic E-state index is 0.0235. The summed E-state index contributed by atoms with van der Waals surface area (Å²) in [7, 11) is 0. The predicted octanol–water partition coefficient (Wildman–Crippen LogP) is 4.15. The first kappa shape index (κ1) is 14.2. The summed E-state index contributed by atoms with van der Waals surface area (Å²) in [4.78, 5) is 8.46. The maximum atomic E-state index is 10.2. The van der Waals surface area contributed by atoms with E-state index in [4.69, 9.17) is 0 Å². The van der Waals surface area contributed by atoms with Gasteiger partial charge >= 0.3 is 0 Å². The molecule has 5 heteroatoms. The van der Waals surface area contributed by atoms with Crippen molar-refractivity contribution in [3.8, 4) is 6.07 Å². The molecule has 0 bridgehead atoms. The number of hydrogen-bond acceptors (Lipinski definition) is 4. The molecule has 0 saturated heterocycles. The van der Waals surface area contributed by atoms with Crippen molar-refractivity contribution < 1.29 is 5.11 Å². The van der Waals surface area contributed by atoms with Crippen LogP contribution in [-0.4, -0.2) is 20.8 Å². The lowest BCUT2D eigenvalue weighted by Crippen LogP contribution is -1.95. The molecule has 108 valence electrons. The van der Waals surface area contributed by atoms with Gasteiger partial charge < -0.3 is 10.1 Å². The number of imidazole rings is 1. The summed E-state index contributed by atoms with van der Waals surface area (Å²) in [5.74, 6) is 0.745. The molecule has 0 aliphatic rings. The number of aromatic nitrogens is 2. The van der Waals surface area contributed by atoms with Crippen LogP contribution in [0, 0.1) is 11.3 Å². The number of aliphatic hydroxyl groups is 1. The van der Waals surface area contributed by atoms with Crippen LogP contribution >= 0.6 is 11.8 Å². The highest BCUT2D eigenvalue weighted by Gasteiger charge is 2.13. The second-order valence-electron chi connectivity index (χ2n) is 4.64. The lowest BCUT2D eigenvalue weighted by Gasteiger charge is -2.02. The molecule has 2 N–H and O–H groups in total. The Bertz CT molecular complexity index is 829. The summed E-state index contributed by atoms with van der Waals surface area (Å²) >= 11 is 1.47. The Kier molecular flexibility index (Phi) is 4.12. The average Bonchev–Trinajstić information content (AvgIpc) is 2.98. The summed E-state index contributed by atoms with van der Waals surface area (Å²) in [6.07, 6.45) is 0. The number of thioether (sulfide) groups is 1. The number of benzene rings is 2. The van der Waals surface area contributed by atoms with Crippen molar-refractivity contribution in [1.82, 2.24) is 9.97 Å². The number of aliphatic hydroxyl groups excluding tert-OH is 1. The summed E-state index contributed by atoms with van der Waals surface area (Å²) < 4.78 is 0. The van der Waals surface area contributed by atoms with Crippen LogP contribution in [0.3, 0.4) is 0 Å². The number of allylic oxidation sites excluding steroid dienone is 1. The standard InChI is InChI=1S/C17H13N3OS/c18-10-13(16(21)11-22-12-6-2-1-3-7-12)17-19-14-8-4-5-9-15(14)20-17/h1-9,21H,11H2,(H,19,20). The molecular weight excluding hydrogens is 294 g/mol. The summed E-state index contributed by atoms with van der Waals surface area (Å²) in [5, 5.41) is 19.6. The number of nitrogens with zero attached hydrogens (tertiary/aromatic N) is 2. The topological polar surface area (TPSA) is 72.7 Å². The molecule has 0 fully saturated rings. The van der Waals surface area contributed by atoms with Crippen molar-refractivity contribution in [1.29, 1.82) is 5.26 Å².